The van der Waals surface area contributed by atoms with Gasteiger partial charge in [0.25, 0.3) is 11.5 Å². The fourth-order valence-corrected chi connectivity index (χ4v) is 6.17. The van der Waals surface area contributed by atoms with Crippen molar-refractivity contribution in [3.05, 3.63) is 74.2 Å². The van der Waals surface area contributed by atoms with Gasteiger partial charge >= 0.3 is 6.18 Å². The van der Waals surface area contributed by atoms with Gasteiger partial charge in [-0.15, -0.1) is 0 Å². The molecule has 0 bridgehead atoms. The Morgan fingerprint density at radius 2 is 1.84 bits per heavy atom. The van der Waals surface area contributed by atoms with Gasteiger partial charge in [-0.05, 0) is 26.5 Å². The third-order valence-corrected chi connectivity index (χ3v) is 8.82. The number of likely N-dealkylation sites (N-methyl/N-ethyl adjacent to an activating group) is 1. The lowest BCUT2D eigenvalue weighted by Crippen LogP contribution is -2.55. The van der Waals surface area contributed by atoms with Crippen LogP contribution in [0.1, 0.15) is 40.2 Å². The van der Waals surface area contributed by atoms with Crippen molar-refractivity contribution in [2.45, 2.75) is 32.1 Å². The van der Waals surface area contributed by atoms with E-state index in [2.05, 4.69) is 9.88 Å². The molecule has 0 spiro atoms. The lowest BCUT2D eigenvalue weighted by atomic mass is 10.0. The fourth-order valence-electron chi connectivity index (χ4n) is 5.45. The van der Waals surface area contributed by atoms with Crippen molar-refractivity contribution in [2.75, 3.05) is 43.0 Å². The summed E-state index contributed by atoms with van der Waals surface area (Å²) >= 11 is 1.11. The Kier molecular flexibility index (Phi) is 7.78. The summed E-state index contributed by atoms with van der Waals surface area (Å²) in [5.74, 6) is -3.59. The molecule has 0 unspecified atom stereocenters. The topological polar surface area (TPSA) is 111 Å². The van der Waals surface area contributed by atoms with Crippen LogP contribution in [0, 0.1) is 23.0 Å². The average Bonchev–Trinajstić information content (AvgIpc) is 3.61. The number of nitrogens with two attached hydrogens (primary N) is 1. The molecule has 3 aromatic rings. The first-order valence-corrected chi connectivity index (χ1v) is 14.0. The number of hydrogen-bond acceptors (Lipinski definition) is 8. The lowest BCUT2D eigenvalue weighted by molar-refractivity contribution is -0.138. The Morgan fingerprint density at radius 3 is 2.42 bits per heavy atom. The number of pyridine rings is 1. The van der Waals surface area contributed by atoms with E-state index in [0.29, 0.717) is 33.9 Å². The van der Waals surface area contributed by atoms with Crippen LogP contribution in [0.3, 0.4) is 0 Å². The van der Waals surface area contributed by atoms with Gasteiger partial charge in [-0.3, -0.25) is 19.1 Å². The van der Waals surface area contributed by atoms with E-state index >= 15 is 8.78 Å². The van der Waals surface area contributed by atoms with Gasteiger partial charge in [0, 0.05) is 56.6 Å². The monoisotopic (exact) mass is 619 g/mol. The van der Waals surface area contributed by atoms with Crippen LogP contribution in [0.4, 0.5) is 32.8 Å². The van der Waals surface area contributed by atoms with Crippen molar-refractivity contribution in [3.63, 3.8) is 0 Å². The van der Waals surface area contributed by atoms with E-state index in [0.717, 1.165) is 17.4 Å². The van der Waals surface area contributed by atoms with E-state index in [1.165, 1.54) is 6.20 Å². The van der Waals surface area contributed by atoms with Gasteiger partial charge in [-0.1, -0.05) is 17.4 Å². The summed E-state index contributed by atoms with van der Waals surface area (Å²) < 4.78 is 74.3. The van der Waals surface area contributed by atoms with Crippen molar-refractivity contribution in [1.29, 1.82) is 5.26 Å². The minimum absolute atomic E-state index is 0.0159. The second-order valence-corrected chi connectivity index (χ2v) is 11.6. The molecule has 2 N–H and O–H groups in total. The first-order chi connectivity index (χ1) is 20.2. The van der Waals surface area contributed by atoms with Crippen molar-refractivity contribution in [1.82, 2.24) is 14.5 Å². The van der Waals surface area contributed by atoms with Gasteiger partial charge in [0.05, 0.1) is 28.6 Å². The average molecular weight is 620 g/mol. The number of carbonyl (C=O) groups is 1. The van der Waals surface area contributed by atoms with Gasteiger partial charge in [0.15, 0.2) is 10.9 Å². The first kappa shape index (κ1) is 30.2. The summed E-state index contributed by atoms with van der Waals surface area (Å²) in [5.41, 5.74) is 0.570. The zero-order valence-electron chi connectivity index (χ0n) is 23.2. The molecule has 1 saturated heterocycles. The molecule has 1 amide bonds. The number of benzene rings is 1. The maximum Gasteiger partial charge on any atom is 0.417 e. The van der Waals surface area contributed by atoms with Crippen LogP contribution in [0.25, 0.3) is 11.3 Å². The molecule has 226 valence electrons. The molecule has 2 aromatic heterocycles. The summed E-state index contributed by atoms with van der Waals surface area (Å²) in [5, 5.41) is 9.58. The van der Waals surface area contributed by atoms with E-state index in [-0.39, 0.29) is 42.5 Å². The molecule has 1 fully saturated rings. The zero-order valence-corrected chi connectivity index (χ0v) is 24.1. The molecule has 0 radical (unpaired) electrons. The Balaban J connectivity index is 1.70. The van der Waals surface area contributed by atoms with Crippen LogP contribution >= 0.6 is 11.3 Å². The number of aromatic nitrogens is 2. The molecule has 15 heteroatoms. The summed E-state index contributed by atoms with van der Waals surface area (Å²) in [4.78, 5) is 35.2. The highest BCUT2D eigenvalue weighted by molar-refractivity contribution is 7.16. The molecular weight excluding hydrogens is 593 g/mol. The van der Waals surface area contributed by atoms with Crippen molar-refractivity contribution >= 4 is 33.6 Å². The highest BCUT2D eigenvalue weighted by Gasteiger charge is 2.38. The number of amides is 1. The lowest BCUT2D eigenvalue weighted by Gasteiger charge is -2.44. The summed E-state index contributed by atoms with van der Waals surface area (Å²) in [6.45, 7) is 4.66. The van der Waals surface area contributed by atoms with Crippen molar-refractivity contribution < 1.29 is 26.7 Å². The summed E-state index contributed by atoms with van der Waals surface area (Å²) in [6, 6.07) is 3.09. The second-order valence-electron chi connectivity index (χ2n) is 10.6. The standard InChI is InChI=1S/C28H26F5N7O2S/c1-14-10-39(11-15(2)37(14)3)21-7-20(29)23(16-4-5-38(12-16)27-36-9-17(8-34)43-27)24(30)25(21)40-13-18(26(35)42)19(6-22(40)41)28(31,32)33/h4,6-7,9,13-15H,5,10-12H2,1-3H3,(H2,35,42)/t14-,15+. The number of nitrogens with zero attached hydrogens (tertiary/aromatic N) is 6. The Labute approximate surface area is 246 Å². The highest BCUT2D eigenvalue weighted by atomic mass is 32.1. The van der Waals surface area contributed by atoms with E-state index in [1.54, 1.807) is 15.9 Å². The normalized spacial score (nSPS) is 19.5. The second kappa shape index (κ2) is 11.1. The van der Waals surface area contributed by atoms with Gasteiger partial charge in [0.2, 0.25) is 0 Å². The highest BCUT2D eigenvalue weighted by Crippen LogP contribution is 2.39. The predicted octanol–water partition coefficient (Wildman–Crippen LogP) is 3.99. The van der Waals surface area contributed by atoms with E-state index < -0.39 is 51.7 Å². The van der Waals surface area contributed by atoms with Gasteiger partial charge in [-0.2, -0.15) is 18.4 Å². The molecule has 2 aliphatic heterocycles. The molecule has 0 aliphatic carbocycles. The SMILES string of the molecule is C[C@@H]1CN(c2cc(F)c(C3=CCN(c4ncc(C#N)s4)C3)c(F)c2-n2cc(C(N)=O)c(C(F)(F)F)cc2=O)C[C@H](C)N1C. The number of anilines is 2. The maximum absolute atomic E-state index is 16.7. The number of nitriles is 1. The smallest absolute Gasteiger partial charge is 0.367 e. The quantitative estimate of drug-likeness (QED) is 0.430. The first-order valence-electron chi connectivity index (χ1n) is 13.1. The third-order valence-electron chi connectivity index (χ3n) is 7.85. The minimum Gasteiger partial charge on any atom is -0.367 e. The minimum atomic E-state index is -5.08. The predicted molar refractivity (Wildman–Crippen MR) is 151 cm³/mol. The number of carbonyl (C=O) groups excluding carboxylic acids is 1. The van der Waals surface area contributed by atoms with Gasteiger partial charge in [0.1, 0.15) is 22.5 Å². The Bertz CT molecular complexity index is 1730. The Morgan fingerprint density at radius 1 is 1.16 bits per heavy atom. The van der Waals surface area contributed by atoms with Gasteiger partial charge < -0.3 is 15.5 Å². The fraction of sp³-hybridized carbons (Fsp3) is 0.357. The van der Waals surface area contributed by atoms with Crippen molar-refractivity contribution in [3.8, 4) is 11.8 Å². The number of hydrogen-bond donors (Lipinski definition) is 1. The molecule has 43 heavy (non-hydrogen) atoms. The zero-order chi connectivity index (χ0) is 31.4. The van der Waals surface area contributed by atoms with Crippen molar-refractivity contribution in [2.24, 2.45) is 5.73 Å². The third kappa shape index (κ3) is 5.48. The van der Waals surface area contributed by atoms with Crippen LogP contribution in [0.2, 0.25) is 0 Å². The molecule has 2 atom stereocenters. The Hall–Kier alpha value is -4.29. The molecule has 9 nitrogen and oxygen atoms in total. The van der Waals surface area contributed by atoms with Crippen LogP contribution < -0.4 is 21.1 Å². The number of halogens is 5. The van der Waals surface area contributed by atoms with Gasteiger partial charge in [-0.25, -0.2) is 13.8 Å². The number of alkyl halides is 3. The molecular formula is C28H26F5N7O2S. The summed E-state index contributed by atoms with van der Waals surface area (Å²) in [6.07, 6.45) is -1.56. The largest absolute Gasteiger partial charge is 0.417 e. The number of rotatable bonds is 5. The van der Waals surface area contributed by atoms with E-state index in [1.807, 2.05) is 27.0 Å². The van der Waals surface area contributed by atoms with E-state index in [9.17, 15) is 22.8 Å². The molecule has 4 heterocycles. The molecule has 1 aromatic carbocycles. The van der Waals surface area contributed by atoms with Crippen LogP contribution in [-0.4, -0.2) is 65.7 Å². The van der Waals surface area contributed by atoms with Crippen LogP contribution in [-0.2, 0) is 6.18 Å². The molecule has 2 aliphatic rings. The van der Waals surface area contributed by atoms with Crippen LogP contribution in [0.5, 0.6) is 0 Å². The molecule has 5 rings (SSSR count). The van der Waals surface area contributed by atoms with E-state index in [4.69, 9.17) is 11.0 Å². The molecule has 0 saturated carbocycles. The maximum atomic E-state index is 16.7. The summed E-state index contributed by atoms with van der Waals surface area (Å²) in [7, 11) is 1.90. The number of piperazine rings is 1. The van der Waals surface area contributed by atoms with Crippen LogP contribution in [0.15, 0.2) is 35.4 Å². The number of primary amides is 1. The number of thiazole rings is 1.